The van der Waals surface area contributed by atoms with Crippen LogP contribution in [0.4, 0.5) is 0 Å². The molecule has 0 saturated carbocycles. The molecule has 152 valence electrons. The molecule has 0 radical (unpaired) electrons. The second-order valence-corrected chi connectivity index (χ2v) is 7.90. The van der Waals surface area contributed by atoms with E-state index in [1.165, 1.54) is 77.0 Å². The Morgan fingerprint density at radius 3 is 2.08 bits per heavy atom. The number of hydrogen-bond acceptors (Lipinski definition) is 2. The summed E-state index contributed by atoms with van der Waals surface area (Å²) in [6.45, 7) is 6.57. The second-order valence-electron chi connectivity index (χ2n) is 7.90. The highest BCUT2D eigenvalue weighted by molar-refractivity contribution is 4.91. The van der Waals surface area contributed by atoms with Crippen LogP contribution >= 0.6 is 0 Å². The van der Waals surface area contributed by atoms with Crippen molar-refractivity contribution in [2.45, 2.75) is 103 Å². The molecule has 0 aromatic rings. The first-order chi connectivity index (χ1) is 12.8. The highest BCUT2D eigenvalue weighted by atomic mass is 16.3. The molecule has 2 unspecified atom stereocenters. The quantitative estimate of drug-likeness (QED) is 0.192. The van der Waals surface area contributed by atoms with Crippen LogP contribution in [0.2, 0.25) is 0 Å². The summed E-state index contributed by atoms with van der Waals surface area (Å²) >= 11 is 0. The monoisotopic (exact) mass is 365 g/mol. The van der Waals surface area contributed by atoms with Crippen LogP contribution in [-0.2, 0) is 0 Å². The Labute approximate surface area is 163 Å². The number of nitrogens with zero attached hydrogens (tertiary/aromatic N) is 1. The van der Waals surface area contributed by atoms with E-state index in [-0.39, 0.29) is 6.61 Å². The lowest BCUT2D eigenvalue weighted by molar-refractivity contribution is -0.899. The predicted molar refractivity (Wildman–Crippen MR) is 114 cm³/mol. The predicted octanol–water partition coefficient (Wildman–Crippen LogP) is 5.86. The van der Waals surface area contributed by atoms with Gasteiger partial charge >= 0.3 is 0 Å². The molecule has 0 aromatic heterocycles. The maximum atomic E-state index is 9.34. The third kappa shape index (κ3) is 9.23. The average molecular weight is 366 g/mol. The van der Waals surface area contributed by atoms with E-state index in [2.05, 4.69) is 43.7 Å². The van der Waals surface area contributed by atoms with E-state index in [1.807, 2.05) is 0 Å². The van der Waals surface area contributed by atoms with Crippen LogP contribution in [-0.4, -0.2) is 35.5 Å². The highest BCUT2D eigenvalue weighted by Gasteiger charge is 2.35. The van der Waals surface area contributed by atoms with Gasteiger partial charge in [0, 0.05) is 6.42 Å². The number of nitrogens with one attached hydrogen (secondary N) is 1. The maximum absolute atomic E-state index is 9.34. The number of aliphatic hydroxyl groups is 1. The minimum Gasteiger partial charge on any atom is -0.390 e. The topological polar surface area (TPSA) is 32.3 Å². The van der Waals surface area contributed by atoms with Gasteiger partial charge < -0.3 is 10.4 Å². The molecule has 1 aliphatic rings. The largest absolute Gasteiger partial charge is 0.390 e. The van der Waals surface area contributed by atoms with Crippen LogP contribution in [0.15, 0.2) is 24.6 Å². The lowest BCUT2D eigenvalue weighted by Crippen LogP contribution is -2.53. The molecule has 0 aliphatic carbocycles. The van der Waals surface area contributed by atoms with Gasteiger partial charge in [0.25, 0.3) is 0 Å². The summed E-state index contributed by atoms with van der Waals surface area (Å²) in [4.78, 5) is 0. The van der Waals surface area contributed by atoms with E-state index >= 15 is 0 Å². The van der Waals surface area contributed by atoms with Crippen molar-refractivity contribution in [3.05, 3.63) is 24.6 Å². The Morgan fingerprint density at radius 2 is 1.50 bits per heavy atom. The fourth-order valence-electron chi connectivity index (χ4n) is 4.00. The van der Waals surface area contributed by atoms with E-state index in [0.717, 1.165) is 24.0 Å². The smallest absolute Gasteiger partial charge is 0.169 e. The van der Waals surface area contributed by atoms with Crippen molar-refractivity contribution in [1.29, 1.82) is 0 Å². The van der Waals surface area contributed by atoms with Crippen molar-refractivity contribution in [2.75, 3.05) is 19.7 Å². The van der Waals surface area contributed by atoms with Gasteiger partial charge in [-0.3, -0.25) is 4.48 Å². The molecule has 2 N–H and O–H groups in total. The standard InChI is InChI=1S/C23H45N2O/c1-3-5-6-7-8-9-10-11-12-13-14-15-16-17-18-23-24-19-20-25(23,4-2)21-22-26/h16-17,19-20,23-24,26H,3-15,18,21-22H2,1-2H3/q+1/b17-16+. The molecule has 1 rings (SSSR count). The normalized spacial score (nSPS) is 22.3. The molecule has 3 heteroatoms. The van der Waals surface area contributed by atoms with Crippen LogP contribution in [0.1, 0.15) is 97.3 Å². The molecule has 3 nitrogen and oxygen atoms in total. The van der Waals surface area contributed by atoms with Gasteiger partial charge in [-0.15, -0.1) is 0 Å². The molecular weight excluding hydrogens is 320 g/mol. The fourth-order valence-corrected chi connectivity index (χ4v) is 4.00. The summed E-state index contributed by atoms with van der Waals surface area (Å²) in [7, 11) is 0. The van der Waals surface area contributed by atoms with Crippen molar-refractivity contribution >= 4 is 0 Å². The van der Waals surface area contributed by atoms with Gasteiger partial charge in [-0.05, 0) is 19.8 Å². The van der Waals surface area contributed by atoms with Gasteiger partial charge in [-0.2, -0.15) is 0 Å². The zero-order valence-corrected chi connectivity index (χ0v) is 17.6. The Morgan fingerprint density at radius 1 is 0.885 bits per heavy atom. The lowest BCUT2D eigenvalue weighted by atomic mass is 10.1. The van der Waals surface area contributed by atoms with Crippen molar-refractivity contribution in [1.82, 2.24) is 5.32 Å². The van der Waals surface area contributed by atoms with Crippen molar-refractivity contribution in [3.63, 3.8) is 0 Å². The van der Waals surface area contributed by atoms with Crippen LogP contribution in [0.25, 0.3) is 0 Å². The molecular formula is C23H45N2O+. The van der Waals surface area contributed by atoms with Gasteiger partial charge in [0.15, 0.2) is 6.17 Å². The molecule has 26 heavy (non-hydrogen) atoms. The summed E-state index contributed by atoms with van der Waals surface area (Å²) in [5.74, 6) is 0. The molecule has 0 fully saturated rings. The Bertz CT molecular complexity index is 380. The van der Waals surface area contributed by atoms with E-state index in [1.54, 1.807) is 0 Å². The summed E-state index contributed by atoms with van der Waals surface area (Å²) < 4.78 is 0.860. The minimum atomic E-state index is 0.249. The lowest BCUT2D eigenvalue weighted by Gasteiger charge is -2.36. The zero-order valence-electron chi connectivity index (χ0n) is 17.6. The SMILES string of the molecule is CCCCCCCCCCCCC/C=C/CC1NC=C[N+]1(CC)CCO. The molecule has 1 aliphatic heterocycles. The van der Waals surface area contributed by atoms with E-state index in [9.17, 15) is 5.11 Å². The molecule has 0 spiro atoms. The first-order valence-electron chi connectivity index (χ1n) is 11.3. The van der Waals surface area contributed by atoms with Crippen molar-refractivity contribution < 1.29 is 9.59 Å². The summed E-state index contributed by atoms with van der Waals surface area (Å²) in [5.41, 5.74) is 0. The summed E-state index contributed by atoms with van der Waals surface area (Å²) in [5, 5.41) is 12.8. The Hall–Kier alpha value is -0.800. The first-order valence-corrected chi connectivity index (χ1v) is 11.3. The summed E-state index contributed by atoms with van der Waals surface area (Å²) in [6.07, 6.45) is 27.1. The maximum Gasteiger partial charge on any atom is 0.169 e. The zero-order chi connectivity index (χ0) is 18.9. The van der Waals surface area contributed by atoms with Crippen LogP contribution in [0, 0.1) is 0 Å². The third-order valence-corrected chi connectivity index (χ3v) is 5.89. The number of quaternary nitrogens is 1. The molecule has 2 atom stereocenters. The first kappa shape index (κ1) is 23.2. The summed E-state index contributed by atoms with van der Waals surface area (Å²) in [6, 6.07) is 0. The Kier molecular flexibility index (Phi) is 13.7. The van der Waals surface area contributed by atoms with E-state index in [4.69, 9.17) is 0 Å². The molecule has 1 heterocycles. The van der Waals surface area contributed by atoms with Gasteiger partial charge in [0.2, 0.25) is 0 Å². The molecule has 0 aromatic carbocycles. The minimum absolute atomic E-state index is 0.249. The number of rotatable bonds is 17. The van der Waals surface area contributed by atoms with E-state index in [0.29, 0.717) is 6.17 Å². The van der Waals surface area contributed by atoms with Crippen molar-refractivity contribution in [2.24, 2.45) is 0 Å². The van der Waals surface area contributed by atoms with E-state index < -0.39 is 0 Å². The van der Waals surface area contributed by atoms with Crippen LogP contribution < -0.4 is 5.32 Å². The van der Waals surface area contributed by atoms with Crippen molar-refractivity contribution in [3.8, 4) is 0 Å². The fraction of sp³-hybridized carbons (Fsp3) is 0.826. The number of likely N-dealkylation sites (N-methyl/N-ethyl adjacent to an activating group) is 1. The average Bonchev–Trinajstić information content (AvgIpc) is 3.05. The number of unbranched alkanes of at least 4 members (excludes halogenated alkanes) is 11. The Balaban J connectivity index is 1.96. The number of hydrogen-bond donors (Lipinski definition) is 2. The molecule has 0 saturated heterocycles. The molecule has 0 bridgehead atoms. The van der Waals surface area contributed by atoms with Crippen LogP contribution in [0.5, 0.6) is 0 Å². The third-order valence-electron chi connectivity index (χ3n) is 5.89. The van der Waals surface area contributed by atoms with Gasteiger partial charge in [-0.1, -0.05) is 83.3 Å². The second kappa shape index (κ2) is 15.3. The van der Waals surface area contributed by atoms with Gasteiger partial charge in [-0.25, -0.2) is 0 Å². The number of allylic oxidation sites excluding steroid dienone is 1. The highest BCUT2D eigenvalue weighted by Crippen LogP contribution is 2.21. The van der Waals surface area contributed by atoms with Gasteiger partial charge in [0.05, 0.1) is 19.4 Å². The number of aliphatic hydroxyl groups excluding tert-OH is 1. The molecule has 0 amide bonds. The van der Waals surface area contributed by atoms with Crippen LogP contribution in [0.3, 0.4) is 0 Å². The van der Waals surface area contributed by atoms with Gasteiger partial charge in [0.1, 0.15) is 12.7 Å².